The fourth-order valence-electron chi connectivity index (χ4n) is 3.21. The molecule has 27 heavy (non-hydrogen) atoms. The number of aliphatic hydroxyl groups is 3. The van der Waals surface area contributed by atoms with E-state index in [1.165, 1.54) is 6.92 Å². The summed E-state index contributed by atoms with van der Waals surface area (Å²) in [5.41, 5.74) is -1.24. The van der Waals surface area contributed by atoms with Crippen molar-refractivity contribution in [2.24, 2.45) is 5.92 Å². The van der Waals surface area contributed by atoms with Gasteiger partial charge in [-0.1, -0.05) is 19.8 Å². The Kier molecular flexibility index (Phi) is 7.24. The molecule has 1 aliphatic rings. The van der Waals surface area contributed by atoms with Gasteiger partial charge in [-0.25, -0.2) is 4.98 Å². The molecule has 1 aromatic rings. The highest BCUT2D eigenvalue weighted by molar-refractivity contribution is 5.51. The number of rotatable bonds is 8. The van der Waals surface area contributed by atoms with Gasteiger partial charge in [0.05, 0.1) is 12.1 Å². The van der Waals surface area contributed by atoms with Crippen molar-refractivity contribution in [1.29, 1.82) is 0 Å². The largest absolute Gasteiger partial charge is 0.433 e. The number of alkyl halides is 3. The van der Waals surface area contributed by atoms with E-state index in [4.69, 9.17) is 0 Å². The molecule has 0 aliphatic heterocycles. The molecule has 0 spiro atoms. The van der Waals surface area contributed by atoms with Crippen LogP contribution < -0.4 is 10.6 Å². The number of halogens is 3. The lowest BCUT2D eigenvalue weighted by Crippen LogP contribution is -2.36. The first kappa shape index (κ1) is 21.6. The molecule has 10 heteroatoms. The van der Waals surface area contributed by atoms with Gasteiger partial charge in [-0.3, -0.25) is 0 Å². The summed E-state index contributed by atoms with van der Waals surface area (Å²) in [5.74, 6) is -0.739. The first-order chi connectivity index (χ1) is 12.7. The van der Waals surface area contributed by atoms with E-state index in [2.05, 4.69) is 20.6 Å². The van der Waals surface area contributed by atoms with Gasteiger partial charge in [0.15, 0.2) is 5.69 Å². The van der Waals surface area contributed by atoms with Crippen molar-refractivity contribution in [2.45, 2.75) is 64.0 Å². The van der Waals surface area contributed by atoms with Crippen LogP contribution in [-0.4, -0.2) is 56.7 Å². The number of aromatic nitrogens is 2. The molecule has 1 heterocycles. The Morgan fingerprint density at radius 1 is 1.15 bits per heavy atom. The van der Waals surface area contributed by atoms with Gasteiger partial charge in [-0.05, 0) is 19.8 Å². The molecule has 154 valence electrons. The molecule has 0 amide bonds. The van der Waals surface area contributed by atoms with Crippen LogP contribution in [0.2, 0.25) is 0 Å². The summed E-state index contributed by atoms with van der Waals surface area (Å²) in [6, 6.07) is -0.722. The highest BCUT2D eigenvalue weighted by Gasteiger charge is 2.42. The van der Waals surface area contributed by atoms with Crippen LogP contribution >= 0.6 is 0 Å². The minimum atomic E-state index is -4.65. The number of hydrogen-bond donors (Lipinski definition) is 5. The minimum Gasteiger partial charge on any atom is -0.396 e. The summed E-state index contributed by atoms with van der Waals surface area (Å²) in [5, 5.41) is 34.9. The Morgan fingerprint density at radius 3 is 2.41 bits per heavy atom. The first-order valence-electron chi connectivity index (χ1n) is 9.12. The Hall–Kier alpha value is -1.65. The Morgan fingerprint density at radius 2 is 1.85 bits per heavy atom. The van der Waals surface area contributed by atoms with Crippen LogP contribution in [0, 0.1) is 12.8 Å². The number of hydrogen-bond acceptors (Lipinski definition) is 7. The van der Waals surface area contributed by atoms with Gasteiger partial charge in [-0.15, -0.1) is 0 Å². The zero-order chi connectivity index (χ0) is 20.2. The van der Waals surface area contributed by atoms with E-state index in [0.717, 1.165) is 19.3 Å². The van der Waals surface area contributed by atoms with E-state index in [0.29, 0.717) is 6.54 Å². The van der Waals surface area contributed by atoms with Gasteiger partial charge < -0.3 is 26.0 Å². The van der Waals surface area contributed by atoms with Crippen molar-refractivity contribution in [3.05, 3.63) is 11.3 Å². The third-order valence-electron chi connectivity index (χ3n) is 4.84. The van der Waals surface area contributed by atoms with E-state index >= 15 is 0 Å². The SMILES string of the molecule is CCCCCNc1nc(NC2CC(CO)C(O)C2O)c(C)c(C(F)(F)F)n1. The van der Waals surface area contributed by atoms with Crippen LogP contribution in [0.5, 0.6) is 0 Å². The number of nitrogens with zero attached hydrogens (tertiary/aromatic N) is 2. The summed E-state index contributed by atoms with van der Waals surface area (Å²) in [6.45, 7) is 3.41. The molecule has 4 unspecified atom stereocenters. The second-order valence-electron chi connectivity index (χ2n) is 6.91. The minimum absolute atomic E-state index is 0.0508. The van der Waals surface area contributed by atoms with Crippen molar-refractivity contribution in [3.63, 3.8) is 0 Å². The Bertz CT molecular complexity index is 630. The average molecular weight is 392 g/mol. The predicted molar refractivity (Wildman–Crippen MR) is 94.4 cm³/mol. The molecular weight excluding hydrogens is 365 g/mol. The molecular formula is C17H27F3N4O3. The van der Waals surface area contributed by atoms with Crippen molar-refractivity contribution >= 4 is 11.8 Å². The molecule has 1 fully saturated rings. The van der Waals surface area contributed by atoms with Crippen molar-refractivity contribution in [1.82, 2.24) is 9.97 Å². The van der Waals surface area contributed by atoms with Gasteiger partial charge in [-0.2, -0.15) is 18.2 Å². The quantitative estimate of drug-likeness (QED) is 0.430. The van der Waals surface area contributed by atoms with Gasteiger partial charge in [0.25, 0.3) is 0 Å². The van der Waals surface area contributed by atoms with Gasteiger partial charge in [0.1, 0.15) is 11.9 Å². The predicted octanol–water partition coefficient (Wildman–Crippen LogP) is 1.92. The molecule has 0 radical (unpaired) electrons. The zero-order valence-electron chi connectivity index (χ0n) is 15.4. The van der Waals surface area contributed by atoms with E-state index in [-0.39, 0.29) is 30.4 Å². The molecule has 4 atom stereocenters. The van der Waals surface area contributed by atoms with Crippen LogP contribution in [-0.2, 0) is 6.18 Å². The van der Waals surface area contributed by atoms with E-state index in [9.17, 15) is 28.5 Å². The third kappa shape index (κ3) is 5.20. The molecule has 2 rings (SSSR count). The van der Waals surface area contributed by atoms with Crippen molar-refractivity contribution in [2.75, 3.05) is 23.8 Å². The van der Waals surface area contributed by atoms with Crippen LogP contribution in [0.4, 0.5) is 24.9 Å². The molecule has 5 N–H and O–H groups in total. The summed E-state index contributed by atoms with van der Waals surface area (Å²) in [4.78, 5) is 7.73. The topological polar surface area (TPSA) is 111 Å². The van der Waals surface area contributed by atoms with Crippen LogP contribution in [0.3, 0.4) is 0 Å². The fourth-order valence-corrected chi connectivity index (χ4v) is 3.21. The third-order valence-corrected chi connectivity index (χ3v) is 4.84. The van der Waals surface area contributed by atoms with Gasteiger partial charge in [0.2, 0.25) is 5.95 Å². The molecule has 1 aromatic heterocycles. The molecule has 1 saturated carbocycles. The van der Waals surface area contributed by atoms with E-state index < -0.39 is 36.0 Å². The monoisotopic (exact) mass is 392 g/mol. The summed E-state index contributed by atoms with van der Waals surface area (Å²) >= 11 is 0. The standard InChI is InChI=1S/C17H27F3N4O3/c1-3-4-5-6-21-16-23-14(17(18,19)20)9(2)15(24-16)22-11-7-10(8-25)12(26)13(11)27/h10-13,25-27H,3-8H2,1-2H3,(H2,21,22,23,24). The highest BCUT2D eigenvalue weighted by Crippen LogP contribution is 2.35. The summed E-state index contributed by atoms with van der Waals surface area (Å²) < 4.78 is 40.1. The van der Waals surface area contributed by atoms with E-state index in [1.807, 2.05) is 6.92 Å². The number of anilines is 2. The highest BCUT2D eigenvalue weighted by atomic mass is 19.4. The lowest BCUT2D eigenvalue weighted by Gasteiger charge is -2.21. The number of nitrogens with one attached hydrogen (secondary N) is 2. The maximum Gasteiger partial charge on any atom is 0.433 e. The molecule has 0 bridgehead atoms. The fraction of sp³-hybridized carbons (Fsp3) is 0.765. The summed E-state index contributed by atoms with van der Waals surface area (Å²) in [6.07, 6.45) is -4.11. The smallest absolute Gasteiger partial charge is 0.396 e. The molecule has 0 saturated heterocycles. The number of aliphatic hydroxyl groups excluding tert-OH is 3. The van der Waals surface area contributed by atoms with Gasteiger partial charge >= 0.3 is 6.18 Å². The maximum absolute atomic E-state index is 13.4. The maximum atomic E-state index is 13.4. The lowest BCUT2D eigenvalue weighted by atomic mass is 10.1. The normalized spacial score (nSPS) is 25.6. The molecule has 1 aliphatic carbocycles. The van der Waals surface area contributed by atoms with E-state index in [1.54, 1.807) is 0 Å². The van der Waals surface area contributed by atoms with Crippen LogP contribution in [0.25, 0.3) is 0 Å². The van der Waals surface area contributed by atoms with Crippen LogP contribution in [0.1, 0.15) is 43.9 Å². The van der Waals surface area contributed by atoms with Gasteiger partial charge in [0, 0.05) is 24.6 Å². The molecule has 7 nitrogen and oxygen atoms in total. The van der Waals surface area contributed by atoms with Crippen molar-refractivity contribution < 1.29 is 28.5 Å². The number of unbranched alkanes of at least 4 members (excludes halogenated alkanes) is 2. The second-order valence-corrected chi connectivity index (χ2v) is 6.91. The first-order valence-corrected chi connectivity index (χ1v) is 9.12. The second kappa shape index (κ2) is 9.03. The lowest BCUT2D eigenvalue weighted by molar-refractivity contribution is -0.141. The van der Waals surface area contributed by atoms with Crippen LogP contribution in [0.15, 0.2) is 0 Å². The van der Waals surface area contributed by atoms with Crippen molar-refractivity contribution in [3.8, 4) is 0 Å². The average Bonchev–Trinajstić information content (AvgIpc) is 2.88. The molecule has 0 aromatic carbocycles. The summed E-state index contributed by atoms with van der Waals surface area (Å²) in [7, 11) is 0. The Balaban J connectivity index is 2.25. The Labute approximate surface area is 156 Å². The zero-order valence-corrected chi connectivity index (χ0v) is 15.4.